The van der Waals surface area contributed by atoms with Crippen molar-refractivity contribution in [1.29, 1.82) is 0 Å². The van der Waals surface area contributed by atoms with Crippen molar-refractivity contribution in [3.63, 3.8) is 0 Å². The summed E-state index contributed by atoms with van der Waals surface area (Å²) in [7, 11) is 0. The van der Waals surface area contributed by atoms with Crippen molar-refractivity contribution < 1.29 is 13.7 Å². The number of aromatic nitrogens is 4. The average Bonchev–Trinajstić information content (AvgIpc) is 3.33. The van der Waals surface area contributed by atoms with Gasteiger partial charge in [0.25, 0.3) is 0 Å². The van der Waals surface area contributed by atoms with E-state index in [1.54, 1.807) is 11.3 Å². The molecule has 1 aromatic carbocycles. The molecule has 0 aliphatic heterocycles. The van der Waals surface area contributed by atoms with Gasteiger partial charge in [-0.15, -0.1) is 11.3 Å². The van der Waals surface area contributed by atoms with Gasteiger partial charge in [0.1, 0.15) is 16.0 Å². The number of carbonyl (C=O) groups is 1. The Bertz CT molecular complexity index is 1730. The lowest BCUT2D eigenvalue weighted by molar-refractivity contribution is -0.123. The molecule has 1 amide bonds. The Kier molecular flexibility index (Phi) is 5.59. The second-order valence-electron chi connectivity index (χ2n) is 14.4. The summed E-state index contributed by atoms with van der Waals surface area (Å²) in [6, 6.07) is 10.3. The smallest absolute Gasteiger partial charge is 0.232 e. The minimum absolute atomic E-state index is 0.0250. The average molecular weight is 598 g/mol. The van der Waals surface area contributed by atoms with Gasteiger partial charge in [0, 0.05) is 35.0 Å². The van der Waals surface area contributed by atoms with Gasteiger partial charge >= 0.3 is 0 Å². The molecule has 43 heavy (non-hydrogen) atoms. The zero-order valence-electron chi connectivity index (χ0n) is 24.5. The number of nitrogens with zero attached hydrogens (tertiary/aromatic N) is 5. The number of carbonyl (C=O) groups excluding carboxylic acids is 1. The van der Waals surface area contributed by atoms with E-state index >= 15 is 4.39 Å². The fourth-order valence-electron chi connectivity index (χ4n) is 8.78. The van der Waals surface area contributed by atoms with Crippen molar-refractivity contribution in [2.45, 2.75) is 94.6 Å². The summed E-state index contributed by atoms with van der Waals surface area (Å²) < 4.78 is 20.9. The highest BCUT2D eigenvalue weighted by Gasteiger charge is 2.60. The van der Waals surface area contributed by atoms with Gasteiger partial charge in [0.2, 0.25) is 11.8 Å². The molecule has 0 radical (unpaired) electrons. The van der Waals surface area contributed by atoms with Gasteiger partial charge in [0.15, 0.2) is 5.82 Å². The number of rotatable bonds is 7. The maximum atomic E-state index is 15.0. The first kappa shape index (κ1) is 26.2. The molecule has 222 valence electrons. The minimum atomic E-state index is -1.14. The van der Waals surface area contributed by atoms with Crippen LogP contribution < -0.4 is 4.90 Å². The summed E-state index contributed by atoms with van der Waals surface area (Å²) in [6.07, 6.45) is 9.90. The van der Waals surface area contributed by atoms with Crippen LogP contribution in [0.1, 0.15) is 93.8 Å². The van der Waals surface area contributed by atoms with Crippen LogP contribution in [0.3, 0.4) is 0 Å². The van der Waals surface area contributed by atoms with Gasteiger partial charge in [-0.05, 0) is 113 Å². The van der Waals surface area contributed by atoms with E-state index in [0.29, 0.717) is 31.7 Å². The molecule has 0 N–H and O–H groups in total. The van der Waals surface area contributed by atoms with Gasteiger partial charge in [-0.3, -0.25) is 4.79 Å². The highest BCUT2D eigenvalue weighted by molar-refractivity contribution is 7.16. The molecule has 7 saturated carbocycles. The number of hydrogen-bond donors (Lipinski definition) is 0. The van der Waals surface area contributed by atoms with Crippen LogP contribution in [0.5, 0.6) is 0 Å². The molecule has 4 bridgehead atoms. The highest BCUT2D eigenvalue weighted by atomic mass is 32.1. The van der Waals surface area contributed by atoms with Crippen LogP contribution >= 0.6 is 11.3 Å². The molecule has 0 spiro atoms. The first-order valence-electron chi connectivity index (χ1n) is 16.0. The third-order valence-electron chi connectivity index (χ3n) is 11.7. The van der Waals surface area contributed by atoms with Gasteiger partial charge in [-0.25, -0.2) is 14.4 Å². The molecule has 3 heterocycles. The maximum absolute atomic E-state index is 15.0. The lowest BCUT2D eigenvalue weighted by Gasteiger charge is -2.53. The highest BCUT2D eigenvalue weighted by Crippen LogP contribution is 2.60. The molecule has 0 unspecified atom stereocenters. The number of halogens is 1. The Hall–Kier alpha value is -3.20. The molecule has 7 aliphatic carbocycles. The number of aryl methyl sites for hydroxylation is 1. The van der Waals surface area contributed by atoms with E-state index in [1.165, 1.54) is 12.8 Å². The Morgan fingerprint density at radius 3 is 2.58 bits per heavy atom. The fourth-order valence-corrected chi connectivity index (χ4v) is 9.51. The quantitative estimate of drug-likeness (QED) is 0.217. The largest absolute Gasteiger partial charge is 0.339 e. The van der Waals surface area contributed by atoms with Gasteiger partial charge < -0.3 is 9.42 Å². The van der Waals surface area contributed by atoms with Crippen LogP contribution in [-0.4, -0.2) is 38.2 Å². The zero-order chi connectivity index (χ0) is 29.0. The number of fused-ring (bicyclic) bond motifs is 5. The molecular weight excluding hydrogens is 561 g/mol. The van der Waals surface area contributed by atoms with Crippen molar-refractivity contribution in [2.24, 2.45) is 17.3 Å². The monoisotopic (exact) mass is 597 g/mol. The lowest BCUT2D eigenvalue weighted by Crippen LogP contribution is -2.51. The normalized spacial score (nSPS) is 32.7. The minimum Gasteiger partial charge on any atom is -0.339 e. The molecule has 7 aliphatic rings. The SMILES string of the molecule is Cc1cc(-c2cccc(N(CC34CCC(c5nc(C6CC6)no5)(CC3)CC4)C(=O)[C@@H]3CC4(F)CC3C4)c2)nc2scnc12. The van der Waals surface area contributed by atoms with E-state index in [4.69, 9.17) is 14.5 Å². The molecule has 4 aromatic rings. The number of alkyl halides is 1. The van der Waals surface area contributed by atoms with Crippen LogP contribution in [0.25, 0.3) is 21.6 Å². The molecule has 3 aromatic heterocycles. The van der Waals surface area contributed by atoms with E-state index in [1.807, 2.05) is 16.5 Å². The first-order valence-corrected chi connectivity index (χ1v) is 16.8. The summed E-state index contributed by atoms with van der Waals surface area (Å²) in [5.74, 6) is 2.26. The fraction of sp³-hybridized carbons (Fsp3) is 0.559. The third kappa shape index (κ3) is 4.20. The summed E-state index contributed by atoms with van der Waals surface area (Å²) in [6.45, 7) is 2.74. The Labute approximate surface area is 254 Å². The molecule has 1 atom stereocenters. The number of anilines is 1. The molecular formula is C34H36FN5O2S. The topological polar surface area (TPSA) is 85.0 Å². The zero-order valence-corrected chi connectivity index (χ0v) is 25.3. The molecule has 11 rings (SSSR count). The standard InChI is InChI=1S/C34H36FN5O2S/c1-20-13-26(37-29-27(20)36-19-43-29)22-3-2-4-24(14-22)40(30(41)25-17-34(35)15-23(25)16-34)18-32-7-10-33(11-8-32,12-9-32)31-38-28(39-42-31)21-5-6-21/h2-4,13-14,19,21,23,25H,5-12,15-18H2,1H3/t23?,25-,32?,33?,34?/m1/s1. The maximum Gasteiger partial charge on any atom is 0.232 e. The number of hydrogen-bond acceptors (Lipinski definition) is 7. The Morgan fingerprint density at radius 1 is 1.07 bits per heavy atom. The predicted molar refractivity (Wildman–Crippen MR) is 163 cm³/mol. The predicted octanol–water partition coefficient (Wildman–Crippen LogP) is 7.69. The van der Waals surface area contributed by atoms with Crippen molar-refractivity contribution in [2.75, 3.05) is 11.4 Å². The molecule has 7 fully saturated rings. The second-order valence-corrected chi connectivity index (χ2v) is 15.3. The van der Waals surface area contributed by atoms with Crippen LogP contribution in [0.4, 0.5) is 10.1 Å². The van der Waals surface area contributed by atoms with E-state index in [9.17, 15) is 4.79 Å². The number of amides is 1. The summed E-state index contributed by atoms with van der Waals surface area (Å²) in [5, 5.41) is 4.33. The number of benzene rings is 1. The first-order chi connectivity index (χ1) is 20.8. The summed E-state index contributed by atoms with van der Waals surface area (Å²) >= 11 is 1.54. The van der Waals surface area contributed by atoms with Crippen LogP contribution in [-0.2, 0) is 10.2 Å². The van der Waals surface area contributed by atoms with Crippen molar-refractivity contribution in [3.8, 4) is 11.3 Å². The van der Waals surface area contributed by atoms with Crippen LogP contribution in [0.15, 0.2) is 40.4 Å². The molecule has 0 saturated heterocycles. The van der Waals surface area contributed by atoms with Crippen molar-refractivity contribution in [1.82, 2.24) is 20.1 Å². The van der Waals surface area contributed by atoms with Crippen LogP contribution in [0, 0.1) is 24.2 Å². The van der Waals surface area contributed by atoms with E-state index in [-0.39, 0.29) is 28.6 Å². The molecule has 7 nitrogen and oxygen atoms in total. The van der Waals surface area contributed by atoms with Gasteiger partial charge in [-0.1, -0.05) is 17.3 Å². The van der Waals surface area contributed by atoms with Crippen molar-refractivity contribution >= 4 is 33.3 Å². The summed E-state index contributed by atoms with van der Waals surface area (Å²) in [4.78, 5) is 31.6. The van der Waals surface area contributed by atoms with E-state index < -0.39 is 5.67 Å². The van der Waals surface area contributed by atoms with E-state index in [0.717, 1.165) is 83.1 Å². The van der Waals surface area contributed by atoms with E-state index in [2.05, 4.69) is 41.3 Å². The Morgan fingerprint density at radius 2 is 1.86 bits per heavy atom. The van der Waals surface area contributed by atoms with Crippen molar-refractivity contribution in [3.05, 3.63) is 53.1 Å². The van der Waals surface area contributed by atoms with Crippen LogP contribution in [0.2, 0.25) is 0 Å². The third-order valence-corrected chi connectivity index (χ3v) is 12.4. The lowest BCUT2D eigenvalue weighted by atomic mass is 9.53. The van der Waals surface area contributed by atoms with Gasteiger partial charge in [0.05, 0.1) is 11.2 Å². The van der Waals surface area contributed by atoms with Gasteiger partial charge in [-0.2, -0.15) is 4.98 Å². The Balaban J connectivity index is 1.02. The number of thiazole rings is 1. The molecule has 9 heteroatoms. The number of pyridine rings is 1. The second kappa shape index (κ2) is 9.16. The summed E-state index contributed by atoms with van der Waals surface area (Å²) in [5.41, 5.74) is 5.51.